The Morgan fingerprint density at radius 1 is 1.36 bits per heavy atom. The van der Waals surface area contributed by atoms with Crippen molar-refractivity contribution in [1.82, 2.24) is 10.2 Å². The molecule has 1 aromatic rings. The second-order valence-electron chi connectivity index (χ2n) is 5.91. The fourth-order valence-electron chi connectivity index (χ4n) is 2.84. The smallest absolute Gasteiger partial charge is 0.242 e. The second-order valence-corrected chi connectivity index (χ2v) is 5.91. The molecule has 1 fully saturated rings. The van der Waals surface area contributed by atoms with Crippen molar-refractivity contribution >= 4 is 17.5 Å². The average Bonchev–Trinajstić information content (AvgIpc) is 3.02. The number of carbonyl (C=O) groups is 2. The maximum atomic E-state index is 12.3. The summed E-state index contributed by atoms with van der Waals surface area (Å²) in [5.74, 6) is -0.0619. The van der Waals surface area contributed by atoms with E-state index in [-0.39, 0.29) is 23.9 Å². The Morgan fingerprint density at radius 3 is 2.68 bits per heavy atom. The molecule has 1 N–H and O–H groups in total. The Bertz CT molecular complexity index is 518. The van der Waals surface area contributed by atoms with Crippen molar-refractivity contribution in [1.29, 1.82) is 0 Å². The summed E-state index contributed by atoms with van der Waals surface area (Å²) in [6.07, 6.45) is 1.66. The normalized spacial score (nSPS) is 18.9. The Kier molecular flexibility index (Phi) is 5.41. The van der Waals surface area contributed by atoms with Crippen molar-refractivity contribution in [3.63, 3.8) is 0 Å². The van der Waals surface area contributed by atoms with Crippen LogP contribution in [0, 0.1) is 0 Å². The predicted octanol–water partition coefficient (Wildman–Crippen LogP) is 1.64. The average molecular weight is 303 g/mol. The molecule has 2 atom stereocenters. The van der Waals surface area contributed by atoms with Gasteiger partial charge in [-0.15, -0.1) is 0 Å². The number of hydrogen-bond donors (Lipinski definition) is 1. The van der Waals surface area contributed by atoms with Gasteiger partial charge in [0.05, 0.1) is 0 Å². The quantitative estimate of drug-likeness (QED) is 0.899. The lowest BCUT2D eigenvalue weighted by Gasteiger charge is -2.28. The molecule has 0 aliphatic carbocycles. The molecule has 2 amide bonds. The molecular formula is C17H25N3O2. The summed E-state index contributed by atoms with van der Waals surface area (Å²) in [6, 6.07) is 9.96. The monoisotopic (exact) mass is 303 g/mol. The van der Waals surface area contributed by atoms with Gasteiger partial charge in [0.2, 0.25) is 11.8 Å². The Hall–Kier alpha value is -2.04. The van der Waals surface area contributed by atoms with E-state index in [0.717, 1.165) is 18.5 Å². The van der Waals surface area contributed by atoms with E-state index < -0.39 is 0 Å². The van der Waals surface area contributed by atoms with Gasteiger partial charge in [-0.1, -0.05) is 18.2 Å². The fourth-order valence-corrected chi connectivity index (χ4v) is 2.84. The van der Waals surface area contributed by atoms with Crippen LogP contribution >= 0.6 is 0 Å². The number of likely N-dealkylation sites (N-methyl/N-ethyl adjacent to an activating group) is 1. The maximum absolute atomic E-state index is 12.3. The number of amides is 2. The molecule has 0 radical (unpaired) electrons. The minimum atomic E-state index is -0.299. The topological polar surface area (TPSA) is 52.7 Å². The summed E-state index contributed by atoms with van der Waals surface area (Å²) in [4.78, 5) is 27.6. The van der Waals surface area contributed by atoms with Crippen molar-refractivity contribution in [2.24, 2.45) is 0 Å². The van der Waals surface area contributed by atoms with Crippen molar-refractivity contribution in [3.8, 4) is 0 Å². The van der Waals surface area contributed by atoms with Crippen molar-refractivity contribution < 1.29 is 9.59 Å². The number of nitrogens with one attached hydrogen (secondary N) is 1. The highest BCUT2D eigenvalue weighted by molar-refractivity contribution is 5.87. The van der Waals surface area contributed by atoms with E-state index in [1.54, 1.807) is 4.90 Å². The van der Waals surface area contributed by atoms with Gasteiger partial charge in [-0.3, -0.25) is 9.59 Å². The number of benzene rings is 1. The van der Waals surface area contributed by atoms with E-state index >= 15 is 0 Å². The molecule has 0 saturated carbocycles. The highest BCUT2D eigenvalue weighted by Gasteiger charge is 2.32. The van der Waals surface area contributed by atoms with Crippen LogP contribution in [0.25, 0.3) is 0 Å². The molecule has 0 bridgehead atoms. The third kappa shape index (κ3) is 3.78. The van der Waals surface area contributed by atoms with Gasteiger partial charge in [0, 0.05) is 38.8 Å². The maximum Gasteiger partial charge on any atom is 0.242 e. The van der Waals surface area contributed by atoms with Crippen LogP contribution in [-0.4, -0.2) is 48.9 Å². The molecule has 1 aromatic carbocycles. The summed E-state index contributed by atoms with van der Waals surface area (Å²) < 4.78 is 0. The van der Waals surface area contributed by atoms with E-state index in [4.69, 9.17) is 0 Å². The molecule has 1 aliphatic heterocycles. The Morgan fingerprint density at radius 2 is 2.05 bits per heavy atom. The zero-order valence-electron chi connectivity index (χ0n) is 13.6. The first kappa shape index (κ1) is 16.3. The number of nitrogens with zero attached hydrogens (tertiary/aromatic N) is 2. The molecular weight excluding hydrogens is 278 g/mol. The van der Waals surface area contributed by atoms with Crippen LogP contribution in [0.5, 0.6) is 0 Å². The molecule has 120 valence electrons. The van der Waals surface area contributed by atoms with Gasteiger partial charge in [-0.25, -0.2) is 0 Å². The van der Waals surface area contributed by atoms with Crippen LogP contribution in [0.1, 0.15) is 26.7 Å². The third-order valence-electron chi connectivity index (χ3n) is 4.36. The molecule has 0 aromatic heterocycles. The summed E-state index contributed by atoms with van der Waals surface area (Å²) in [6.45, 7) is 4.85. The molecule has 1 saturated heterocycles. The minimum absolute atomic E-state index is 0.0212. The van der Waals surface area contributed by atoms with Crippen LogP contribution in [0.2, 0.25) is 0 Å². The first-order chi connectivity index (χ1) is 10.5. The molecule has 1 heterocycles. The zero-order chi connectivity index (χ0) is 16.1. The number of carbonyl (C=O) groups excluding carboxylic acids is 2. The number of para-hydroxylation sites is 1. The van der Waals surface area contributed by atoms with Gasteiger partial charge < -0.3 is 15.1 Å². The van der Waals surface area contributed by atoms with Gasteiger partial charge in [0.15, 0.2) is 0 Å². The summed E-state index contributed by atoms with van der Waals surface area (Å²) in [5.41, 5.74) is 1.12. The Labute approximate surface area is 132 Å². The molecule has 1 aliphatic rings. The SMILES string of the molecule is CC(=O)N1CCCC1C(=O)NCC(C)N(C)c1ccccc1. The molecule has 5 heteroatoms. The molecule has 0 spiro atoms. The molecule has 22 heavy (non-hydrogen) atoms. The predicted molar refractivity (Wildman–Crippen MR) is 87.7 cm³/mol. The van der Waals surface area contributed by atoms with E-state index in [0.29, 0.717) is 13.1 Å². The van der Waals surface area contributed by atoms with Gasteiger partial charge in [-0.05, 0) is 31.9 Å². The van der Waals surface area contributed by atoms with Crippen LogP contribution in [0.4, 0.5) is 5.69 Å². The van der Waals surface area contributed by atoms with Crippen LogP contribution < -0.4 is 10.2 Å². The zero-order valence-corrected chi connectivity index (χ0v) is 13.6. The number of anilines is 1. The van der Waals surface area contributed by atoms with Crippen molar-refractivity contribution in [2.75, 3.05) is 25.0 Å². The number of likely N-dealkylation sites (tertiary alicyclic amines) is 1. The summed E-state index contributed by atoms with van der Waals surface area (Å²) in [7, 11) is 2.02. The van der Waals surface area contributed by atoms with Gasteiger partial charge in [-0.2, -0.15) is 0 Å². The van der Waals surface area contributed by atoms with Crippen LogP contribution in [-0.2, 0) is 9.59 Å². The largest absolute Gasteiger partial charge is 0.370 e. The van der Waals surface area contributed by atoms with Crippen LogP contribution in [0.15, 0.2) is 30.3 Å². The molecule has 2 unspecified atom stereocenters. The van der Waals surface area contributed by atoms with Gasteiger partial charge in [0.25, 0.3) is 0 Å². The van der Waals surface area contributed by atoms with Crippen molar-refractivity contribution in [2.45, 2.75) is 38.8 Å². The van der Waals surface area contributed by atoms with Gasteiger partial charge >= 0.3 is 0 Å². The van der Waals surface area contributed by atoms with E-state index in [1.807, 2.05) is 37.4 Å². The number of rotatable bonds is 5. The van der Waals surface area contributed by atoms with E-state index in [2.05, 4.69) is 17.1 Å². The minimum Gasteiger partial charge on any atom is -0.370 e. The van der Waals surface area contributed by atoms with E-state index in [1.165, 1.54) is 6.92 Å². The summed E-state index contributed by atoms with van der Waals surface area (Å²) >= 11 is 0. The first-order valence-electron chi connectivity index (χ1n) is 7.83. The standard InChI is InChI=1S/C17H25N3O2/c1-13(19(3)15-8-5-4-6-9-15)12-18-17(22)16-10-7-11-20(16)14(2)21/h4-6,8-9,13,16H,7,10-12H2,1-3H3,(H,18,22). The highest BCUT2D eigenvalue weighted by Crippen LogP contribution is 2.18. The van der Waals surface area contributed by atoms with Crippen LogP contribution in [0.3, 0.4) is 0 Å². The number of hydrogen-bond acceptors (Lipinski definition) is 3. The van der Waals surface area contributed by atoms with Gasteiger partial charge in [0.1, 0.15) is 6.04 Å². The first-order valence-corrected chi connectivity index (χ1v) is 7.83. The third-order valence-corrected chi connectivity index (χ3v) is 4.36. The lowest BCUT2D eigenvalue weighted by atomic mass is 10.2. The second kappa shape index (κ2) is 7.29. The Balaban J connectivity index is 1.87. The molecule has 2 rings (SSSR count). The van der Waals surface area contributed by atoms with Crippen molar-refractivity contribution in [3.05, 3.63) is 30.3 Å². The molecule has 5 nitrogen and oxygen atoms in total. The fraction of sp³-hybridized carbons (Fsp3) is 0.529. The van der Waals surface area contributed by atoms with E-state index in [9.17, 15) is 9.59 Å². The lowest BCUT2D eigenvalue weighted by Crippen LogP contribution is -2.48. The summed E-state index contributed by atoms with van der Waals surface area (Å²) in [5, 5.41) is 2.99. The lowest BCUT2D eigenvalue weighted by molar-refractivity contribution is -0.136. The highest BCUT2D eigenvalue weighted by atomic mass is 16.2.